The highest BCUT2D eigenvalue weighted by molar-refractivity contribution is 7.14. The Balaban J connectivity index is 1.34. The number of nitrogens with zero attached hydrogens (tertiary/aromatic N) is 2. The van der Waals surface area contributed by atoms with Crippen LogP contribution in [0, 0.1) is 5.92 Å². The standard InChI is InChI=1S/C27H35N3O3S/c1-19(2)20-7-9-21(10-8-20)24(31)28-25-23(13-18-34-25)27(33)30-16-11-22(12-17-30)26(32)29-14-5-3-4-6-15-29/h7-10,13,18-19,22H,3-6,11-12,14-17H2,1-2H3,(H,28,31). The zero-order chi connectivity index (χ0) is 24.1. The van der Waals surface area contributed by atoms with Gasteiger partial charge in [-0.15, -0.1) is 11.3 Å². The van der Waals surface area contributed by atoms with Crippen molar-refractivity contribution in [2.24, 2.45) is 5.92 Å². The summed E-state index contributed by atoms with van der Waals surface area (Å²) in [5.41, 5.74) is 2.28. The molecule has 0 aliphatic carbocycles. The van der Waals surface area contributed by atoms with Crippen LogP contribution in [0.4, 0.5) is 5.00 Å². The summed E-state index contributed by atoms with van der Waals surface area (Å²) in [7, 11) is 0. The van der Waals surface area contributed by atoms with Gasteiger partial charge >= 0.3 is 0 Å². The number of hydrogen-bond acceptors (Lipinski definition) is 4. The first kappa shape index (κ1) is 24.5. The van der Waals surface area contributed by atoms with Gasteiger partial charge in [0.25, 0.3) is 11.8 Å². The van der Waals surface area contributed by atoms with E-state index in [9.17, 15) is 14.4 Å². The fourth-order valence-corrected chi connectivity index (χ4v) is 5.59. The molecule has 3 amide bonds. The highest BCUT2D eigenvalue weighted by Gasteiger charge is 2.31. The van der Waals surface area contributed by atoms with E-state index in [-0.39, 0.29) is 23.6 Å². The lowest BCUT2D eigenvalue weighted by Crippen LogP contribution is -2.44. The van der Waals surface area contributed by atoms with Crippen LogP contribution in [0.1, 0.15) is 84.6 Å². The van der Waals surface area contributed by atoms with Gasteiger partial charge in [-0.3, -0.25) is 14.4 Å². The van der Waals surface area contributed by atoms with Crippen LogP contribution < -0.4 is 5.32 Å². The maximum Gasteiger partial charge on any atom is 0.256 e. The minimum atomic E-state index is -0.214. The predicted molar refractivity (Wildman–Crippen MR) is 136 cm³/mol. The van der Waals surface area contributed by atoms with Crippen LogP contribution in [0.3, 0.4) is 0 Å². The Kier molecular flexibility index (Phi) is 8.03. The maximum atomic E-state index is 13.2. The van der Waals surface area contributed by atoms with E-state index in [0.29, 0.717) is 48.0 Å². The molecule has 34 heavy (non-hydrogen) atoms. The number of thiophene rings is 1. The van der Waals surface area contributed by atoms with E-state index in [2.05, 4.69) is 19.2 Å². The molecule has 1 N–H and O–H groups in total. The molecule has 182 valence electrons. The van der Waals surface area contributed by atoms with Crippen molar-refractivity contribution in [3.63, 3.8) is 0 Å². The molecule has 4 rings (SSSR count). The van der Waals surface area contributed by atoms with E-state index in [0.717, 1.165) is 25.9 Å². The van der Waals surface area contributed by atoms with Gasteiger partial charge in [-0.2, -0.15) is 0 Å². The largest absolute Gasteiger partial charge is 0.342 e. The Morgan fingerprint density at radius 2 is 1.53 bits per heavy atom. The third-order valence-electron chi connectivity index (χ3n) is 7.01. The summed E-state index contributed by atoms with van der Waals surface area (Å²) in [6.07, 6.45) is 6.01. The second-order valence-corrected chi connectivity index (χ2v) is 10.6. The lowest BCUT2D eigenvalue weighted by Gasteiger charge is -2.34. The lowest BCUT2D eigenvalue weighted by molar-refractivity contribution is -0.136. The number of nitrogens with one attached hydrogen (secondary N) is 1. The molecule has 0 unspecified atom stereocenters. The molecule has 2 fully saturated rings. The quantitative estimate of drug-likeness (QED) is 0.623. The minimum Gasteiger partial charge on any atom is -0.342 e. The summed E-state index contributed by atoms with van der Waals surface area (Å²) >= 11 is 1.36. The topological polar surface area (TPSA) is 69.7 Å². The Labute approximate surface area is 206 Å². The van der Waals surface area contributed by atoms with Crippen LogP contribution in [-0.2, 0) is 4.79 Å². The minimum absolute atomic E-state index is 0.0117. The molecule has 2 aromatic rings. The molecule has 0 atom stereocenters. The average molecular weight is 482 g/mol. The zero-order valence-corrected chi connectivity index (χ0v) is 21.0. The van der Waals surface area contributed by atoms with Gasteiger partial charge in [0.1, 0.15) is 5.00 Å². The van der Waals surface area contributed by atoms with E-state index < -0.39 is 0 Å². The summed E-state index contributed by atoms with van der Waals surface area (Å²) in [5, 5.41) is 5.33. The molecular formula is C27H35N3O3S. The second kappa shape index (κ2) is 11.2. The van der Waals surface area contributed by atoms with E-state index >= 15 is 0 Å². The first-order valence-electron chi connectivity index (χ1n) is 12.5. The molecule has 0 saturated carbocycles. The molecule has 2 aliphatic rings. The first-order chi connectivity index (χ1) is 16.4. The molecule has 0 bridgehead atoms. The molecule has 1 aromatic carbocycles. The monoisotopic (exact) mass is 481 g/mol. The van der Waals surface area contributed by atoms with Gasteiger partial charge < -0.3 is 15.1 Å². The van der Waals surface area contributed by atoms with Crippen LogP contribution in [-0.4, -0.2) is 53.7 Å². The highest BCUT2D eigenvalue weighted by atomic mass is 32.1. The third kappa shape index (κ3) is 5.69. The van der Waals surface area contributed by atoms with Gasteiger partial charge in [0, 0.05) is 37.7 Å². The first-order valence-corrected chi connectivity index (χ1v) is 13.4. The van der Waals surface area contributed by atoms with Gasteiger partial charge in [-0.25, -0.2) is 0 Å². The van der Waals surface area contributed by atoms with E-state index in [1.807, 2.05) is 39.4 Å². The van der Waals surface area contributed by atoms with Crippen LogP contribution in [0.2, 0.25) is 0 Å². The molecule has 7 heteroatoms. The van der Waals surface area contributed by atoms with Crippen molar-refractivity contribution < 1.29 is 14.4 Å². The number of carbonyl (C=O) groups is 3. The summed E-state index contributed by atoms with van der Waals surface area (Å²) < 4.78 is 0. The van der Waals surface area contributed by atoms with Gasteiger partial charge in [-0.05, 0) is 60.7 Å². The Hall–Kier alpha value is -2.67. The van der Waals surface area contributed by atoms with Crippen molar-refractivity contribution in [2.45, 2.75) is 58.3 Å². The molecule has 2 aliphatic heterocycles. The number of hydrogen-bond donors (Lipinski definition) is 1. The molecule has 0 spiro atoms. The van der Waals surface area contributed by atoms with Crippen molar-refractivity contribution in [2.75, 3.05) is 31.5 Å². The van der Waals surface area contributed by atoms with E-state index in [4.69, 9.17) is 0 Å². The molecule has 1 aromatic heterocycles. The predicted octanol–water partition coefficient (Wildman–Crippen LogP) is 5.38. The average Bonchev–Trinajstić information content (AvgIpc) is 3.14. The van der Waals surface area contributed by atoms with Crippen molar-refractivity contribution in [1.82, 2.24) is 9.80 Å². The molecule has 0 radical (unpaired) electrons. The van der Waals surface area contributed by atoms with E-state index in [1.165, 1.54) is 29.7 Å². The van der Waals surface area contributed by atoms with Crippen molar-refractivity contribution >= 4 is 34.1 Å². The second-order valence-electron chi connectivity index (χ2n) is 9.70. The Morgan fingerprint density at radius 1 is 0.882 bits per heavy atom. The smallest absolute Gasteiger partial charge is 0.256 e. The summed E-state index contributed by atoms with van der Waals surface area (Å²) in [5.74, 6) is 0.391. The lowest BCUT2D eigenvalue weighted by atomic mass is 9.94. The van der Waals surface area contributed by atoms with Crippen LogP contribution in [0.25, 0.3) is 0 Å². The maximum absolute atomic E-state index is 13.2. The van der Waals surface area contributed by atoms with Crippen molar-refractivity contribution in [3.05, 3.63) is 52.4 Å². The number of likely N-dealkylation sites (tertiary alicyclic amines) is 2. The molecule has 3 heterocycles. The van der Waals surface area contributed by atoms with Crippen molar-refractivity contribution in [3.8, 4) is 0 Å². The fourth-order valence-electron chi connectivity index (χ4n) is 4.82. The van der Waals surface area contributed by atoms with E-state index in [1.54, 1.807) is 6.07 Å². The third-order valence-corrected chi connectivity index (χ3v) is 7.84. The highest BCUT2D eigenvalue weighted by Crippen LogP contribution is 2.28. The van der Waals surface area contributed by atoms with Crippen molar-refractivity contribution in [1.29, 1.82) is 0 Å². The Bertz CT molecular complexity index is 998. The van der Waals surface area contributed by atoms with Gasteiger partial charge in [0.15, 0.2) is 0 Å². The summed E-state index contributed by atoms with van der Waals surface area (Å²) in [6.45, 7) is 7.12. The number of rotatable bonds is 5. The van der Waals surface area contributed by atoms with Crippen LogP contribution in [0.5, 0.6) is 0 Å². The molecular weight excluding hydrogens is 446 g/mol. The SMILES string of the molecule is CC(C)c1ccc(C(=O)Nc2sccc2C(=O)N2CCC(C(=O)N3CCCCCC3)CC2)cc1. The van der Waals surface area contributed by atoms with Gasteiger partial charge in [0.05, 0.1) is 5.56 Å². The Morgan fingerprint density at radius 3 is 2.15 bits per heavy atom. The van der Waals surface area contributed by atoms with Crippen LogP contribution >= 0.6 is 11.3 Å². The normalized spacial score (nSPS) is 17.5. The number of amides is 3. The molecule has 2 saturated heterocycles. The number of carbonyl (C=O) groups excluding carboxylic acids is 3. The summed E-state index contributed by atoms with van der Waals surface area (Å²) in [4.78, 5) is 42.8. The summed E-state index contributed by atoms with van der Waals surface area (Å²) in [6, 6.07) is 9.37. The van der Waals surface area contributed by atoms with Crippen LogP contribution in [0.15, 0.2) is 35.7 Å². The molecule has 6 nitrogen and oxygen atoms in total. The van der Waals surface area contributed by atoms with Gasteiger partial charge in [0.2, 0.25) is 5.91 Å². The van der Waals surface area contributed by atoms with Gasteiger partial charge in [-0.1, -0.05) is 38.8 Å². The fraction of sp³-hybridized carbons (Fsp3) is 0.519. The number of piperidine rings is 1. The zero-order valence-electron chi connectivity index (χ0n) is 20.2. The number of anilines is 1. The number of benzene rings is 1.